The highest BCUT2D eigenvalue weighted by Crippen LogP contribution is 2.32. The third-order valence-electron chi connectivity index (χ3n) is 3.09. The van der Waals surface area contributed by atoms with Gasteiger partial charge in [0.1, 0.15) is 0 Å². The van der Waals surface area contributed by atoms with Crippen LogP contribution < -0.4 is 5.73 Å². The molecule has 0 radical (unpaired) electrons. The smallest absolute Gasteiger partial charge is 0.0476 e. The summed E-state index contributed by atoms with van der Waals surface area (Å²) >= 11 is 2.00. The second-order valence-electron chi connectivity index (χ2n) is 4.58. The molecule has 2 N–H and O–H groups in total. The van der Waals surface area contributed by atoms with E-state index in [-0.39, 0.29) is 0 Å². The Balaban J connectivity index is 2.07. The first-order valence-corrected chi connectivity index (χ1v) is 7.21. The van der Waals surface area contributed by atoms with Gasteiger partial charge in [0, 0.05) is 23.4 Å². The lowest BCUT2D eigenvalue weighted by molar-refractivity contribution is 0.1000. The largest absolute Gasteiger partial charge is 0.381 e. The lowest BCUT2D eigenvalue weighted by Crippen LogP contribution is -2.17. The van der Waals surface area contributed by atoms with Gasteiger partial charge in [-0.15, -0.1) is 11.8 Å². The molecule has 0 unspecified atom stereocenters. The zero-order chi connectivity index (χ0) is 12.1. The Morgan fingerprint density at radius 2 is 2.12 bits per heavy atom. The van der Waals surface area contributed by atoms with E-state index in [9.17, 15) is 0 Å². The zero-order valence-corrected chi connectivity index (χ0v) is 11.3. The predicted molar refractivity (Wildman–Crippen MR) is 73.6 cm³/mol. The molecule has 0 saturated carbocycles. The Kier molecular flexibility index (Phi) is 4.89. The van der Waals surface area contributed by atoms with Crippen LogP contribution in [0.5, 0.6) is 0 Å². The maximum absolute atomic E-state index is 5.68. The van der Waals surface area contributed by atoms with Gasteiger partial charge in [-0.1, -0.05) is 17.7 Å². The van der Waals surface area contributed by atoms with Crippen LogP contribution in [-0.2, 0) is 11.2 Å². The van der Waals surface area contributed by atoms with Crippen molar-refractivity contribution in [1.82, 2.24) is 0 Å². The highest BCUT2D eigenvalue weighted by molar-refractivity contribution is 8.00. The highest BCUT2D eigenvalue weighted by Gasteiger charge is 2.16. The van der Waals surface area contributed by atoms with Crippen LogP contribution in [0.1, 0.15) is 24.0 Å². The second-order valence-corrected chi connectivity index (χ2v) is 5.92. The van der Waals surface area contributed by atoms with Gasteiger partial charge < -0.3 is 10.5 Å². The van der Waals surface area contributed by atoms with E-state index < -0.39 is 0 Å². The van der Waals surface area contributed by atoms with Crippen LogP contribution in [0.25, 0.3) is 0 Å². The Bertz CT molecular complexity index is 361. The molecular formula is C14H21NOS. The van der Waals surface area contributed by atoms with Crippen LogP contribution >= 0.6 is 11.8 Å². The minimum absolute atomic E-state index is 0.711. The summed E-state index contributed by atoms with van der Waals surface area (Å²) in [5, 5.41) is 0.711. The topological polar surface area (TPSA) is 35.2 Å². The molecule has 0 amide bonds. The third kappa shape index (κ3) is 3.73. The van der Waals surface area contributed by atoms with Crippen LogP contribution in [0.15, 0.2) is 23.1 Å². The van der Waals surface area contributed by atoms with Crippen molar-refractivity contribution in [3.8, 4) is 0 Å². The van der Waals surface area contributed by atoms with Crippen LogP contribution in [-0.4, -0.2) is 25.0 Å². The fourth-order valence-corrected chi connectivity index (χ4v) is 3.39. The quantitative estimate of drug-likeness (QED) is 0.893. The van der Waals surface area contributed by atoms with E-state index >= 15 is 0 Å². The molecule has 0 bridgehead atoms. The first kappa shape index (κ1) is 12.9. The lowest BCUT2D eigenvalue weighted by atomic mass is 10.1. The molecule has 2 nitrogen and oxygen atoms in total. The van der Waals surface area contributed by atoms with Crippen LogP contribution in [0.4, 0.5) is 0 Å². The number of aryl methyl sites for hydroxylation is 1. The maximum atomic E-state index is 5.68. The van der Waals surface area contributed by atoms with Crippen molar-refractivity contribution in [2.75, 3.05) is 19.8 Å². The van der Waals surface area contributed by atoms with E-state index in [4.69, 9.17) is 10.5 Å². The number of thioether (sulfide) groups is 1. The van der Waals surface area contributed by atoms with Gasteiger partial charge in [-0.2, -0.15) is 0 Å². The standard InChI is InChI=1S/C14H21NOS/c1-11-2-3-14(12(10-11)4-7-15)17-13-5-8-16-9-6-13/h2-3,10,13H,4-9,15H2,1H3. The fraction of sp³-hybridized carbons (Fsp3) is 0.571. The molecule has 1 aromatic rings. The van der Waals surface area contributed by atoms with Crippen molar-refractivity contribution >= 4 is 11.8 Å². The monoisotopic (exact) mass is 251 g/mol. The van der Waals surface area contributed by atoms with E-state index in [0.717, 1.165) is 26.2 Å². The second kappa shape index (κ2) is 6.43. The van der Waals surface area contributed by atoms with Crippen LogP contribution in [0.3, 0.4) is 0 Å². The normalized spacial score (nSPS) is 17.3. The van der Waals surface area contributed by atoms with Gasteiger partial charge >= 0.3 is 0 Å². The van der Waals surface area contributed by atoms with Crippen molar-refractivity contribution in [2.45, 2.75) is 36.3 Å². The predicted octanol–water partition coefficient (Wildman–Crippen LogP) is 2.77. The minimum atomic E-state index is 0.711. The number of ether oxygens (including phenoxy) is 1. The number of nitrogens with two attached hydrogens (primary N) is 1. The summed E-state index contributed by atoms with van der Waals surface area (Å²) in [6.45, 7) is 4.69. The van der Waals surface area contributed by atoms with Gasteiger partial charge in [-0.25, -0.2) is 0 Å². The summed E-state index contributed by atoms with van der Waals surface area (Å²) in [7, 11) is 0. The highest BCUT2D eigenvalue weighted by atomic mass is 32.2. The van der Waals surface area contributed by atoms with Gasteiger partial charge in [0.25, 0.3) is 0 Å². The number of rotatable bonds is 4. The maximum Gasteiger partial charge on any atom is 0.0476 e. The van der Waals surface area contributed by atoms with E-state index in [1.54, 1.807) is 0 Å². The molecule has 0 aromatic heterocycles. The molecule has 1 saturated heterocycles. The molecule has 1 aromatic carbocycles. The Morgan fingerprint density at radius 3 is 2.82 bits per heavy atom. The molecule has 1 fully saturated rings. The average Bonchev–Trinajstić information content (AvgIpc) is 2.34. The molecule has 17 heavy (non-hydrogen) atoms. The molecule has 1 heterocycles. The molecule has 94 valence electrons. The lowest BCUT2D eigenvalue weighted by Gasteiger charge is -2.22. The molecule has 0 aliphatic carbocycles. The van der Waals surface area contributed by atoms with Crippen molar-refractivity contribution in [3.05, 3.63) is 29.3 Å². The van der Waals surface area contributed by atoms with E-state index in [0.29, 0.717) is 5.25 Å². The molecule has 2 rings (SSSR count). The number of benzene rings is 1. The first-order chi connectivity index (χ1) is 8.29. The van der Waals surface area contributed by atoms with Crippen LogP contribution in [0.2, 0.25) is 0 Å². The third-order valence-corrected chi connectivity index (χ3v) is 4.55. The van der Waals surface area contributed by atoms with Crippen LogP contribution in [0, 0.1) is 6.92 Å². The SMILES string of the molecule is Cc1ccc(SC2CCOCC2)c(CCN)c1. The molecule has 1 aliphatic heterocycles. The number of hydrogen-bond acceptors (Lipinski definition) is 3. The van der Waals surface area contributed by atoms with Crippen molar-refractivity contribution in [3.63, 3.8) is 0 Å². The summed E-state index contributed by atoms with van der Waals surface area (Å²) < 4.78 is 5.40. The minimum Gasteiger partial charge on any atom is -0.381 e. The summed E-state index contributed by atoms with van der Waals surface area (Å²) in [5.41, 5.74) is 8.41. The molecule has 0 spiro atoms. The Labute approximate surface area is 108 Å². The molecule has 1 aliphatic rings. The average molecular weight is 251 g/mol. The molecule has 3 heteroatoms. The van der Waals surface area contributed by atoms with Crippen molar-refractivity contribution < 1.29 is 4.74 Å². The van der Waals surface area contributed by atoms with Gasteiger partial charge in [-0.05, 0) is 44.4 Å². The Hall–Kier alpha value is -0.510. The Morgan fingerprint density at radius 1 is 1.35 bits per heavy atom. The first-order valence-electron chi connectivity index (χ1n) is 6.33. The summed E-state index contributed by atoms with van der Waals surface area (Å²) in [5.74, 6) is 0. The van der Waals surface area contributed by atoms with Crippen molar-refractivity contribution in [2.24, 2.45) is 5.73 Å². The summed E-state index contributed by atoms with van der Waals surface area (Å²) in [4.78, 5) is 1.41. The fourth-order valence-electron chi connectivity index (χ4n) is 2.15. The molecule has 0 atom stereocenters. The summed E-state index contributed by atoms with van der Waals surface area (Å²) in [6.07, 6.45) is 3.31. The van der Waals surface area contributed by atoms with E-state index in [1.165, 1.54) is 28.9 Å². The summed E-state index contributed by atoms with van der Waals surface area (Å²) in [6, 6.07) is 6.72. The van der Waals surface area contributed by atoms with E-state index in [2.05, 4.69) is 25.1 Å². The van der Waals surface area contributed by atoms with Gasteiger partial charge in [0.05, 0.1) is 0 Å². The number of hydrogen-bond donors (Lipinski definition) is 1. The van der Waals surface area contributed by atoms with Gasteiger partial charge in [0.15, 0.2) is 0 Å². The van der Waals surface area contributed by atoms with E-state index in [1.807, 2.05) is 11.8 Å². The molecular weight excluding hydrogens is 230 g/mol. The van der Waals surface area contributed by atoms with Gasteiger partial charge in [-0.3, -0.25) is 0 Å². The zero-order valence-electron chi connectivity index (χ0n) is 10.4. The van der Waals surface area contributed by atoms with Gasteiger partial charge in [0.2, 0.25) is 0 Å². The van der Waals surface area contributed by atoms with Crippen molar-refractivity contribution in [1.29, 1.82) is 0 Å².